The number of non-ortho nitro benzene ring substituents is 1. The summed E-state index contributed by atoms with van der Waals surface area (Å²) < 4.78 is 0. The molecule has 0 fully saturated rings. The molecule has 0 unspecified atom stereocenters. The molecule has 0 bridgehead atoms. The number of nitro groups is 1. The summed E-state index contributed by atoms with van der Waals surface area (Å²) in [6.45, 7) is 0. The summed E-state index contributed by atoms with van der Waals surface area (Å²) >= 11 is 0. The van der Waals surface area contributed by atoms with Crippen molar-refractivity contribution in [1.29, 1.82) is 0 Å². The molecule has 0 aromatic heterocycles. The average Bonchev–Trinajstić information content (AvgIpc) is 3.15. The van der Waals surface area contributed by atoms with E-state index in [-0.39, 0.29) is 16.5 Å². The van der Waals surface area contributed by atoms with Crippen molar-refractivity contribution in [2.45, 2.75) is 5.92 Å². The first kappa shape index (κ1) is 18.1. The van der Waals surface area contributed by atoms with E-state index in [1.165, 1.54) is 22.3 Å². The topological polar surface area (TPSA) is 43.1 Å². The molecule has 1 aliphatic carbocycles. The van der Waals surface area contributed by atoms with Crippen LogP contribution >= 0.6 is 0 Å². The second-order valence-corrected chi connectivity index (χ2v) is 7.39. The zero-order valence-corrected chi connectivity index (χ0v) is 16.2. The molecule has 0 radical (unpaired) electrons. The smallest absolute Gasteiger partial charge is 0.258 e. The van der Waals surface area contributed by atoms with Gasteiger partial charge >= 0.3 is 0 Å². The summed E-state index contributed by atoms with van der Waals surface area (Å²) in [7, 11) is 0. The molecule has 0 aliphatic heterocycles. The van der Waals surface area contributed by atoms with Crippen LogP contribution in [-0.4, -0.2) is 4.92 Å². The highest BCUT2D eigenvalue weighted by atomic mass is 16.6. The molecule has 0 spiro atoms. The number of nitrogens with zero attached hydrogens (tertiary/aromatic N) is 1. The quantitative estimate of drug-likeness (QED) is 0.288. The lowest BCUT2D eigenvalue weighted by molar-refractivity contribution is -0.384. The molecule has 1 atom stereocenters. The number of fused-ring (bicyclic) bond motifs is 1. The van der Waals surface area contributed by atoms with Crippen molar-refractivity contribution >= 4 is 16.8 Å². The lowest BCUT2D eigenvalue weighted by Crippen LogP contribution is -2.01. The van der Waals surface area contributed by atoms with Gasteiger partial charge in [-0.2, -0.15) is 0 Å². The van der Waals surface area contributed by atoms with E-state index in [2.05, 4.69) is 72.8 Å². The van der Waals surface area contributed by atoms with Crippen LogP contribution in [0.1, 0.15) is 33.7 Å². The van der Waals surface area contributed by atoms with Gasteiger partial charge in [0.2, 0.25) is 0 Å². The van der Waals surface area contributed by atoms with Crippen molar-refractivity contribution in [3.63, 3.8) is 0 Å². The molecule has 144 valence electrons. The number of benzene rings is 4. The molecule has 4 aromatic rings. The van der Waals surface area contributed by atoms with Crippen molar-refractivity contribution in [1.82, 2.24) is 0 Å². The van der Waals surface area contributed by atoms with Crippen LogP contribution in [0.15, 0.2) is 109 Å². The Morgan fingerprint density at radius 1 is 0.633 bits per heavy atom. The zero-order valence-electron chi connectivity index (χ0n) is 16.2. The molecule has 3 nitrogen and oxygen atoms in total. The summed E-state index contributed by atoms with van der Waals surface area (Å²) in [5.41, 5.74) is 8.31. The largest absolute Gasteiger partial charge is 0.269 e. The van der Waals surface area contributed by atoms with Crippen molar-refractivity contribution in [3.05, 3.63) is 147 Å². The highest BCUT2D eigenvalue weighted by Crippen LogP contribution is 2.52. The van der Waals surface area contributed by atoms with Crippen LogP contribution in [0.3, 0.4) is 0 Å². The molecule has 3 heteroatoms. The minimum atomic E-state index is -0.356. The SMILES string of the molecule is O=[N+]([O-])c1ccc(C2=C(c3ccccc3)[C@@H](c3ccccc3)c3ccccc32)cc1. The normalized spacial score (nSPS) is 15.1. The van der Waals surface area contributed by atoms with Crippen LogP contribution in [0.2, 0.25) is 0 Å². The van der Waals surface area contributed by atoms with Gasteiger partial charge in [-0.05, 0) is 51.1 Å². The third kappa shape index (κ3) is 3.01. The zero-order chi connectivity index (χ0) is 20.5. The molecular weight excluding hydrogens is 370 g/mol. The molecular formula is C27H19NO2. The van der Waals surface area contributed by atoms with Gasteiger partial charge in [0.1, 0.15) is 0 Å². The molecule has 0 saturated carbocycles. The van der Waals surface area contributed by atoms with E-state index in [0.29, 0.717) is 0 Å². The van der Waals surface area contributed by atoms with E-state index in [1.807, 2.05) is 24.3 Å². The van der Waals surface area contributed by atoms with Crippen LogP contribution in [0, 0.1) is 10.1 Å². The van der Waals surface area contributed by atoms with Gasteiger partial charge in [0.05, 0.1) is 4.92 Å². The lowest BCUT2D eigenvalue weighted by Gasteiger charge is -2.18. The Kier molecular flexibility index (Phi) is 4.49. The first-order chi connectivity index (χ1) is 14.7. The van der Waals surface area contributed by atoms with E-state index in [1.54, 1.807) is 12.1 Å². The third-order valence-electron chi connectivity index (χ3n) is 5.68. The molecule has 4 aromatic carbocycles. The number of hydrogen-bond donors (Lipinski definition) is 0. The first-order valence-electron chi connectivity index (χ1n) is 9.92. The van der Waals surface area contributed by atoms with Crippen LogP contribution < -0.4 is 0 Å². The number of nitro benzene ring substituents is 1. The average molecular weight is 389 g/mol. The molecule has 0 heterocycles. The molecule has 5 rings (SSSR count). The Labute approximate surface area is 175 Å². The van der Waals surface area contributed by atoms with Gasteiger partial charge in [-0.15, -0.1) is 0 Å². The van der Waals surface area contributed by atoms with Gasteiger partial charge in [0.15, 0.2) is 0 Å². The number of rotatable bonds is 4. The van der Waals surface area contributed by atoms with Gasteiger partial charge in [-0.1, -0.05) is 84.9 Å². The second-order valence-electron chi connectivity index (χ2n) is 7.39. The van der Waals surface area contributed by atoms with Crippen LogP contribution in [0.4, 0.5) is 5.69 Å². The minimum Gasteiger partial charge on any atom is -0.258 e. The number of allylic oxidation sites excluding steroid dienone is 1. The van der Waals surface area contributed by atoms with Crippen molar-refractivity contribution in [2.75, 3.05) is 0 Å². The standard InChI is InChI=1S/C27H19NO2/c29-28(30)22-17-15-21(16-18-22)26-24-14-8-7-13-23(24)25(19-9-3-1-4-10-19)27(26)20-11-5-2-6-12-20/h1-18,25H/t25-/m0/s1. The van der Waals surface area contributed by atoms with E-state index >= 15 is 0 Å². The van der Waals surface area contributed by atoms with Crippen molar-refractivity contribution in [3.8, 4) is 0 Å². The van der Waals surface area contributed by atoms with E-state index in [9.17, 15) is 10.1 Å². The lowest BCUT2D eigenvalue weighted by atomic mass is 9.84. The highest BCUT2D eigenvalue weighted by Gasteiger charge is 2.33. The Balaban J connectivity index is 1.81. The number of hydrogen-bond acceptors (Lipinski definition) is 2. The monoisotopic (exact) mass is 389 g/mol. The Morgan fingerprint density at radius 3 is 1.90 bits per heavy atom. The molecule has 0 N–H and O–H groups in total. The fraction of sp³-hybridized carbons (Fsp3) is 0.0370. The van der Waals surface area contributed by atoms with Crippen LogP contribution in [0.25, 0.3) is 11.1 Å². The second kappa shape index (κ2) is 7.45. The fourth-order valence-electron chi connectivity index (χ4n) is 4.40. The van der Waals surface area contributed by atoms with Crippen LogP contribution in [0.5, 0.6) is 0 Å². The van der Waals surface area contributed by atoms with Gasteiger partial charge in [-0.3, -0.25) is 10.1 Å². The summed E-state index contributed by atoms with van der Waals surface area (Å²) in [6, 6.07) is 36.3. The first-order valence-corrected chi connectivity index (χ1v) is 9.92. The van der Waals surface area contributed by atoms with Gasteiger partial charge < -0.3 is 0 Å². The maximum Gasteiger partial charge on any atom is 0.269 e. The van der Waals surface area contributed by atoms with Crippen LogP contribution in [-0.2, 0) is 0 Å². The fourth-order valence-corrected chi connectivity index (χ4v) is 4.40. The summed E-state index contributed by atoms with van der Waals surface area (Å²) in [5.74, 6) is 0.106. The van der Waals surface area contributed by atoms with Crippen molar-refractivity contribution in [2.24, 2.45) is 0 Å². The maximum atomic E-state index is 11.1. The summed E-state index contributed by atoms with van der Waals surface area (Å²) in [5, 5.41) is 11.1. The summed E-state index contributed by atoms with van der Waals surface area (Å²) in [6.07, 6.45) is 0. The Morgan fingerprint density at radius 2 is 1.23 bits per heavy atom. The summed E-state index contributed by atoms with van der Waals surface area (Å²) in [4.78, 5) is 10.8. The van der Waals surface area contributed by atoms with Crippen molar-refractivity contribution < 1.29 is 4.92 Å². The molecule has 1 aliphatic rings. The van der Waals surface area contributed by atoms with Gasteiger partial charge in [0, 0.05) is 18.1 Å². The highest BCUT2D eigenvalue weighted by molar-refractivity contribution is 6.06. The van der Waals surface area contributed by atoms with E-state index in [4.69, 9.17) is 0 Å². The van der Waals surface area contributed by atoms with E-state index < -0.39 is 0 Å². The minimum absolute atomic E-state index is 0.103. The molecule has 30 heavy (non-hydrogen) atoms. The van der Waals surface area contributed by atoms with Gasteiger partial charge in [0.25, 0.3) is 5.69 Å². The maximum absolute atomic E-state index is 11.1. The third-order valence-corrected chi connectivity index (χ3v) is 5.68. The molecule has 0 amide bonds. The Bertz CT molecular complexity index is 1240. The Hall–Kier alpha value is -3.98. The van der Waals surface area contributed by atoms with Gasteiger partial charge in [-0.25, -0.2) is 0 Å². The van der Waals surface area contributed by atoms with E-state index in [0.717, 1.165) is 16.7 Å². The predicted octanol–water partition coefficient (Wildman–Crippen LogP) is 6.70. The molecule has 0 saturated heterocycles. The predicted molar refractivity (Wildman–Crippen MR) is 120 cm³/mol.